The van der Waals surface area contributed by atoms with Crippen molar-refractivity contribution in [2.24, 2.45) is 0 Å². The van der Waals surface area contributed by atoms with Crippen LogP contribution in [0.5, 0.6) is 0 Å². The van der Waals surface area contributed by atoms with Crippen molar-refractivity contribution in [2.75, 3.05) is 0 Å². The molecule has 158 valence electrons. The summed E-state index contributed by atoms with van der Waals surface area (Å²) in [7, 11) is 0. The van der Waals surface area contributed by atoms with Crippen LogP contribution in [0.3, 0.4) is 0 Å². The molecule has 0 heterocycles. The molecule has 0 atom stereocenters. The first-order valence-electron chi connectivity index (χ1n) is 11.8. The molecule has 0 amide bonds. The fourth-order valence-electron chi connectivity index (χ4n) is 5.52. The molecule has 0 spiro atoms. The first-order chi connectivity index (χ1) is 16.9. The van der Waals surface area contributed by atoms with E-state index in [9.17, 15) is 0 Å². The summed E-state index contributed by atoms with van der Waals surface area (Å²) in [6.07, 6.45) is 0. The van der Waals surface area contributed by atoms with Gasteiger partial charge in [0.2, 0.25) is 0 Å². The zero-order valence-electron chi connectivity index (χ0n) is 18.7. The zero-order valence-corrected chi connectivity index (χ0v) is 18.7. The molecule has 0 radical (unpaired) electrons. The number of rotatable bonds is 2. The van der Waals surface area contributed by atoms with Crippen LogP contribution in [0.15, 0.2) is 133 Å². The van der Waals surface area contributed by atoms with Crippen molar-refractivity contribution in [1.82, 2.24) is 0 Å². The van der Waals surface area contributed by atoms with Crippen LogP contribution < -0.4 is 0 Å². The molecule has 0 nitrogen and oxygen atoms in total. The van der Waals surface area contributed by atoms with Crippen molar-refractivity contribution < 1.29 is 0 Å². The summed E-state index contributed by atoms with van der Waals surface area (Å²) in [6.45, 7) is 0. The Bertz CT molecular complexity index is 1800. The molecule has 0 aliphatic rings. The van der Waals surface area contributed by atoms with E-state index >= 15 is 0 Å². The minimum absolute atomic E-state index is 1.27. The van der Waals surface area contributed by atoms with E-state index < -0.39 is 0 Å². The van der Waals surface area contributed by atoms with E-state index in [1.54, 1.807) is 0 Å². The third-order valence-electron chi connectivity index (χ3n) is 7.04. The lowest BCUT2D eigenvalue weighted by Crippen LogP contribution is -1.90. The average molecular weight is 431 g/mol. The summed E-state index contributed by atoms with van der Waals surface area (Å²) < 4.78 is 0. The lowest BCUT2D eigenvalue weighted by atomic mass is 9.86. The highest BCUT2D eigenvalue weighted by molar-refractivity contribution is 6.18. The molecule has 0 fully saturated rings. The fourth-order valence-corrected chi connectivity index (χ4v) is 5.52. The number of hydrogen-bond donors (Lipinski definition) is 0. The van der Waals surface area contributed by atoms with E-state index in [-0.39, 0.29) is 0 Å². The Morgan fingerprint density at radius 2 is 0.706 bits per heavy atom. The second-order valence-corrected chi connectivity index (χ2v) is 8.93. The lowest BCUT2D eigenvalue weighted by molar-refractivity contribution is 1.67. The van der Waals surface area contributed by atoms with Crippen LogP contribution in [0.1, 0.15) is 0 Å². The summed E-state index contributed by atoms with van der Waals surface area (Å²) in [4.78, 5) is 0. The average Bonchev–Trinajstić information content (AvgIpc) is 2.91. The van der Waals surface area contributed by atoms with Gasteiger partial charge in [0.25, 0.3) is 0 Å². The first-order valence-corrected chi connectivity index (χ1v) is 11.8. The quantitative estimate of drug-likeness (QED) is 0.239. The van der Waals surface area contributed by atoms with Crippen molar-refractivity contribution in [2.45, 2.75) is 0 Å². The minimum atomic E-state index is 1.27. The molecule has 7 rings (SSSR count). The first kappa shape index (κ1) is 19.1. The summed E-state index contributed by atoms with van der Waals surface area (Å²) in [5.74, 6) is 0. The van der Waals surface area contributed by atoms with Crippen molar-refractivity contribution in [1.29, 1.82) is 0 Å². The van der Waals surface area contributed by atoms with E-state index in [1.165, 1.54) is 65.3 Å². The Hall–Kier alpha value is -4.42. The molecule has 0 N–H and O–H groups in total. The molecular weight excluding hydrogens is 408 g/mol. The van der Waals surface area contributed by atoms with Gasteiger partial charge in [-0.05, 0) is 71.4 Å². The van der Waals surface area contributed by atoms with Gasteiger partial charge in [0.1, 0.15) is 0 Å². The summed E-state index contributed by atoms with van der Waals surface area (Å²) in [5.41, 5.74) is 5.16. The molecule has 7 aromatic rings. The third-order valence-corrected chi connectivity index (χ3v) is 7.04. The van der Waals surface area contributed by atoms with Crippen LogP contribution in [-0.4, -0.2) is 0 Å². The van der Waals surface area contributed by atoms with Gasteiger partial charge in [0.05, 0.1) is 0 Å². The van der Waals surface area contributed by atoms with Crippen LogP contribution in [-0.2, 0) is 0 Å². The van der Waals surface area contributed by atoms with Gasteiger partial charge >= 0.3 is 0 Å². The predicted molar refractivity (Wildman–Crippen MR) is 147 cm³/mol. The molecular formula is C34H22. The smallest absolute Gasteiger partial charge is 0.00206 e. The van der Waals surface area contributed by atoms with Crippen LogP contribution in [0, 0.1) is 0 Å². The summed E-state index contributed by atoms with van der Waals surface area (Å²) in [5, 5.41) is 10.3. The normalized spacial score (nSPS) is 11.5. The maximum absolute atomic E-state index is 2.33. The monoisotopic (exact) mass is 430 g/mol. The molecule has 0 heteroatoms. The Kier molecular flexibility index (Phi) is 4.25. The molecule has 0 saturated heterocycles. The second kappa shape index (κ2) is 7.57. The van der Waals surface area contributed by atoms with Crippen LogP contribution in [0.2, 0.25) is 0 Å². The standard InChI is InChI=1S/C34H22/c1-4-14-26-23(10-1)13-9-19-29(26)32-20-21-33(31-18-8-7-17-30(31)32)34-27-15-5-2-11-24(27)22-25-12-3-6-16-28(25)34/h1-22H. The van der Waals surface area contributed by atoms with Crippen molar-refractivity contribution in [3.63, 3.8) is 0 Å². The SMILES string of the molecule is c1ccc2c(-c3ccc(-c4c5ccccc5cc5ccccc45)c4ccccc34)cccc2c1. The molecule has 0 aliphatic carbocycles. The highest BCUT2D eigenvalue weighted by atomic mass is 14.2. The highest BCUT2D eigenvalue weighted by Crippen LogP contribution is 2.42. The molecule has 0 unspecified atom stereocenters. The minimum Gasteiger partial charge on any atom is -0.0616 e. The van der Waals surface area contributed by atoms with Gasteiger partial charge in [0, 0.05) is 0 Å². The van der Waals surface area contributed by atoms with Gasteiger partial charge in [0.15, 0.2) is 0 Å². The Morgan fingerprint density at radius 1 is 0.265 bits per heavy atom. The molecule has 34 heavy (non-hydrogen) atoms. The van der Waals surface area contributed by atoms with Gasteiger partial charge in [-0.25, -0.2) is 0 Å². The van der Waals surface area contributed by atoms with Crippen LogP contribution >= 0.6 is 0 Å². The Labute approximate surface area is 198 Å². The molecule has 0 saturated carbocycles. The predicted octanol–water partition coefficient (Wildman–Crippen LogP) is 9.63. The lowest BCUT2D eigenvalue weighted by Gasteiger charge is -2.17. The number of benzene rings is 7. The van der Waals surface area contributed by atoms with Crippen molar-refractivity contribution in [3.05, 3.63) is 133 Å². The van der Waals surface area contributed by atoms with Gasteiger partial charge < -0.3 is 0 Å². The number of fused-ring (bicyclic) bond motifs is 4. The van der Waals surface area contributed by atoms with E-state index in [0.29, 0.717) is 0 Å². The van der Waals surface area contributed by atoms with Crippen molar-refractivity contribution in [3.8, 4) is 22.3 Å². The van der Waals surface area contributed by atoms with Crippen LogP contribution in [0.25, 0.3) is 65.3 Å². The van der Waals surface area contributed by atoms with Gasteiger partial charge in [-0.1, -0.05) is 127 Å². The molecule has 0 aromatic heterocycles. The van der Waals surface area contributed by atoms with Crippen LogP contribution in [0.4, 0.5) is 0 Å². The second-order valence-electron chi connectivity index (χ2n) is 8.93. The Balaban J connectivity index is 1.60. The largest absolute Gasteiger partial charge is 0.0616 e. The highest BCUT2D eigenvalue weighted by Gasteiger charge is 2.15. The van der Waals surface area contributed by atoms with Gasteiger partial charge in [-0.15, -0.1) is 0 Å². The molecule has 7 aromatic carbocycles. The number of hydrogen-bond acceptors (Lipinski definition) is 0. The summed E-state index contributed by atoms with van der Waals surface area (Å²) >= 11 is 0. The maximum atomic E-state index is 2.33. The van der Waals surface area contributed by atoms with E-state index in [0.717, 1.165) is 0 Å². The molecule has 0 aliphatic heterocycles. The van der Waals surface area contributed by atoms with Crippen molar-refractivity contribution >= 4 is 43.1 Å². The van der Waals surface area contributed by atoms with E-state index in [2.05, 4.69) is 133 Å². The molecule has 0 bridgehead atoms. The van der Waals surface area contributed by atoms with E-state index in [4.69, 9.17) is 0 Å². The maximum Gasteiger partial charge on any atom is -0.00206 e. The fraction of sp³-hybridized carbons (Fsp3) is 0. The third kappa shape index (κ3) is 2.86. The van der Waals surface area contributed by atoms with Gasteiger partial charge in [-0.2, -0.15) is 0 Å². The summed E-state index contributed by atoms with van der Waals surface area (Å²) in [6, 6.07) is 48.6. The topological polar surface area (TPSA) is 0 Å². The van der Waals surface area contributed by atoms with Gasteiger partial charge in [-0.3, -0.25) is 0 Å². The zero-order chi connectivity index (χ0) is 22.5. The van der Waals surface area contributed by atoms with E-state index in [1.807, 2.05) is 0 Å². The Morgan fingerprint density at radius 3 is 1.38 bits per heavy atom.